The molecule has 1 aromatic heterocycles. The Bertz CT molecular complexity index is 1430. The van der Waals surface area contributed by atoms with Gasteiger partial charge in [0.15, 0.2) is 11.5 Å². The van der Waals surface area contributed by atoms with Gasteiger partial charge in [-0.2, -0.15) is 5.10 Å². The molecule has 3 aliphatic rings. The molecule has 1 atom stereocenters. The third-order valence-electron chi connectivity index (χ3n) is 8.02. The smallest absolute Gasteiger partial charge is 0.269 e. The molecule has 0 radical (unpaired) electrons. The number of rotatable bonds is 11. The first-order valence-electron chi connectivity index (χ1n) is 14.6. The van der Waals surface area contributed by atoms with Crippen LogP contribution >= 0.6 is 0 Å². The molecule has 1 aliphatic heterocycles. The Kier molecular flexibility index (Phi) is 8.41. The predicted molar refractivity (Wildman–Crippen MR) is 159 cm³/mol. The zero-order valence-corrected chi connectivity index (χ0v) is 24.9. The Balaban J connectivity index is 1.02. The third kappa shape index (κ3) is 6.43. The number of aryl methyl sites for hydroxylation is 1. The van der Waals surface area contributed by atoms with Crippen LogP contribution in [0.4, 0.5) is 0 Å². The van der Waals surface area contributed by atoms with E-state index in [2.05, 4.69) is 10.4 Å². The van der Waals surface area contributed by atoms with Gasteiger partial charge in [0.25, 0.3) is 11.8 Å². The summed E-state index contributed by atoms with van der Waals surface area (Å²) in [5.74, 6) is 1.42. The van der Waals surface area contributed by atoms with Gasteiger partial charge in [-0.1, -0.05) is 24.3 Å². The number of amides is 2. The van der Waals surface area contributed by atoms with Crippen LogP contribution in [0.15, 0.2) is 48.5 Å². The molecular weight excluding hydrogens is 554 g/mol. The number of ether oxygens (including phenoxy) is 2. The summed E-state index contributed by atoms with van der Waals surface area (Å²) >= 11 is -0.906. The number of hydrogen-bond donors (Lipinski definition) is 1. The van der Waals surface area contributed by atoms with E-state index >= 15 is 0 Å². The topological polar surface area (TPSA) is 112 Å². The van der Waals surface area contributed by atoms with Crippen molar-refractivity contribution in [3.8, 4) is 11.5 Å². The molecule has 1 N–H and O–H groups in total. The second-order valence-electron chi connectivity index (χ2n) is 11.2. The number of carbonyl (C=O) groups is 2. The number of aromatic nitrogens is 2. The maximum atomic E-state index is 13.0. The van der Waals surface area contributed by atoms with Crippen molar-refractivity contribution in [1.29, 1.82) is 0 Å². The normalized spacial score (nSPS) is 18.0. The molecular formula is C31H37N5O5S. The number of carbonyl (C=O) groups excluding carboxylic acids is 2. The molecule has 2 amide bonds. The lowest BCUT2D eigenvalue weighted by Gasteiger charge is -2.34. The Morgan fingerprint density at radius 2 is 1.79 bits per heavy atom. The van der Waals surface area contributed by atoms with Gasteiger partial charge in [0, 0.05) is 67.9 Å². The minimum atomic E-state index is -0.906. The minimum absolute atomic E-state index is 0.00868. The molecule has 1 unspecified atom stereocenters. The van der Waals surface area contributed by atoms with Crippen LogP contribution in [-0.2, 0) is 31.6 Å². The predicted octanol–water partition coefficient (Wildman–Crippen LogP) is 3.40. The van der Waals surface area contributed by atoms with Gasteiger partial charge in [0.05, 0.1) is 25.9 Å². The zero-order valence-electron chi connectivity index (χ0n) is 24.1. The van der Waals surface area contributed by atoms with Crippen LogP contribution in [0, 0.1) is 0 Å². The SMILES string of the molecule is COc1c(CNC(=O)c2cc(C3CC3)nn2C)cccc1OCc1ccc(C(=O)N2CCN([S+]([O-])C3CC3)CC2)cc1. The average Bonchev–Trinajstić information content (AvgIpc) is 3.96. The number of benzene rings is 2. The molecule has 10 nitrogen and oxygen atoms in total. The summed E-state index contributed by atoms with van der Waals surface area (Å²) in [5, 5.41) is 7.78. The zero-order chi connectivity index (χ0) is 29.2. The van der Waals surface area contributed by atoms with Crippen molar-refractivity contribution in [2.75, 3.05) is 33.3 Å². The summed E-state index contributed by atoms with van der Waals surface area (Å²) in [7, 11) is 3.37. The van der Waals surface area contributed by atoms with Crippen LogP contribution in [0.5, 0.6) is 11.5 Å². The minimum Gasteiger partial charge on any atom is -0.598 e. The lowest BCUT2D eigenvalue weighted by Crippen LogP contribution is -2.51. The van der Waals surface area contributed by atoms with E-state index in [1.165, 1.54) is 0 Å². The quantitative estimate of drug-likeness (QED) is 0.340. The van der Waals surface area contributed by atoms with Gasteiger partial charge in [0.1, 0.15) is 17.6 Å². The van der Waals surface area contributed by atoms with E-state index in [-0.39, 0.29) is 18.4 Å². The lowest BCUT2D eigenvalue weighted by atomic mass is 10.1. The highest BCUT2D eigenvalue weighted by Crippen LogP contribution is 2.39. The van der Waals surface area contributed by atoms with Crippen molar-refractivity contribution in [2.24, 2.45) is 7.05 Å². The van der Waals surface area contributed by atoms with E-state index in [4.69, 9.17) is 9.47 Å². The van der Waals surface area contributed by atoms with Gasteiger partial charge in [-0.25, -0.2) is 0 Å². The number of nitrogens with one attached hydrogen (secondary N) is 1. The third-order valence-corrected chi connectivity index (χ3v) is 9.93. The molecule has 6 rings (SSSR count). The maximum Gasteiger partial charge on any atom is 0.269 e. The molecule has 2 aromatic carbocycles. The molecule has 42 heavy (non-hydrogen) atoms. The standard InChI is InChI=1S/C31H37N5O5S/c1-34-27(18-26(33-34)22-10-11-22)30(37)32-19-24-4-3-5-28(29(24)40-2)41-20-21-6-8-23(9-7-21)31(38)35-14-16-36(17-15-35)42(39)25-12-13-25/h3-9,18,22,25H,10-17,19-20H2,1-2H3,(H,32,37). The Morgan fingerprint density at radius 3 is 2.45 bits per heavy atom. The first kappa shape index (κ1) is 28.6. The highest BCUT2D eigenvalue weighted by Gasteiger charge is 2.40. The molecule has 1 saturated heterocycles. The molecule has 2 saturated carbocycles. The highest BCUT2D eigenvalue weighted by atomic mass is 32.2. The average molecular weight is 592 g/mol. The van der Waals surface area contributed by atoms with E-state index in [1.807, 2.05) is 57.7 Å². The summed E-state index contributed by atoms with van der Waals surface area (Å²) in [5.41, 5.74) is 3.87. The lowest BCUT2D eigenvalue weighted by molar-refractivity contribution is 0.0697. The summed E-state index contributed by atoms with van der Waals surface area (Å²) < 4.78 is 27.8. The van der Waals surface area contributed by atoms with E-state index in [0.29, 0.717) is 66.7 Å². The molecule has 0 spiro atoms. The summed E-state index contributed by atoms with van der Waals surface area (Å²) in [4.78, 5) is 27.7. The fourth-order valence-electron chi connectivity index (χ4n) is 5.23. The van der Waals surface area contributed by atoms with E-state index < -0.39 is 11.4 Å². The number of piperazine rings is 1. The summed E-state index contributed by atoms with van der Waals surface area (Å²) in [6, 6.07) is 14.9. The largest absolute Gasteiger partial charge is 0.598 e. The second-order valence-corrected chi connectivity index (χ2v) is 12.9. The number of methoxy groups -OCH3 is 1. The first-order chi connectivity index (χ1) is 20.4. The maximum absolute atomic E-state index is 13.0. The van der Waals surface area contributed by atoms with Crippen molar-refractivity contribution in [2.45, 2.75) is 50.0 Å². The van der Waals surface area contributed by atoms with Crippen molar-refractivity contribution in [3.05, 3.63) is 76.6 Å². The number of hydrogen-bond acceptors (Lipinski definition) is 7. The van der Waals surface area contributed by atoms with Crippen molar-refractivity contribution in [1.82, 2.24) is 24.3 Å². The van der Waals surface area contributed by atoms with Gasteiger partial charge in [-0.05, 0) is 42.7 Å². The van der Waals surface area contributed by atoms with Crippen molar-refractivity contribution >= 4 is 23.2 Å². The molecule has 0 bridgehead atoms. The van der Waals surface area contributed by atoms with Crippen molar-refractivity contribution < 1.29 is 23.6 Å². The Hall–Kier alpha value is -3.54. The Morgan fingerprint density at radius 1 is 1.05 bits per heavy atom. The molecule has 2 heterocycles. The van der Waals surface area contributed by atoms with Crippen LogP contribution in [0.3, 0.4) is 0 Å². The van der Waals surface area contributed by atoms with Crippen molar-refractivity contribution in [3.63, 3.8) is 0 Å². The van der Waals surface area contributed by atoms with Crippen LogP contribution in [0.25, 0.3) is 0 Å². The van der Waals surface area contributed by atoms with Crippen LogP contribution in [0.1, 0.15) is 69.3 Å². The van der Waals surface area contributed by atoms with Crippen LogP contribution < -0.4 is 14.8 Å². The molecule has 222 valence electrons. The van der Waals surface area contributed by atoms with E-state index in [0.717, 1.165) is 42.5 Å². The fraction of sp³-hybridized carbons (Fsp3) is 0.452. The van der Waals surface area contributed by atoms with E-state index in [1.54, 1.807) is 18.8 Å². The number of nitrogens with zero attached hydrogens (tertiary/aromatic N) is 4. The van der Waals surface area contributed by atoms with Gasteiger partial charge in [-0.3, -0.25) is 14.3 Å². The van der Waals surface area contributed by atoms with Crippen LogP contribution in [0.2, 0.25) is 0 Å². The van der Waals surface area contributed by atoms with Gasteiger partial charge < -0.3 is 24.2 Å². The summed E-state index contributed by atoms with van der Waals surface area (Å²) in [6.45, 7) is 3.05. The van der Waals surface area contributed by atoms with Gasteiger partial charge in [0.2, 0.25) is 0 Å². The molecule has 3 aromatic rings. The molecule has 2 aliphatic carbocycles. The molecule has 3 fully saturated rings. The Labute approximate surface area is 249 Å². The van der Waals surface area contributed by atoms with Gasteiger partial charge >= 0.3 is 0 Å². The summed E-state index contributed by atoms with van der Waals surface area (Å²) in [6.07, 6.45) is 4.36. The second kappa shape index (κ2) is 12.4. The number of para-hydroxylation sites is 1. The van der Waals surface area contributed by atoms with Crippen LogP contribution in [-0.4, -0.2) is 73.9 Å². The highest BCUT2D eigenvalue weighted by molar-refractivity contribution is 7.90. The first-order valence-corrected chi connectivity index (χ1v) is 15.7. The monoisotopic (exact) mass is 591 g/mol. The molecule has 11 heteroatoms. The van der Waals surface area contributed by atoms with Gasteiger partial charge in [-0.15, -0.1) is 4.31 Å². The fourth-order valence-corrected chi connectivity index (χ4v) is 6.72. The van der Waals surface area contributed by atoms with E-state index in [9.17, 15) is 14.1 Å².